The molecule has 0 aliphatic carbocycles. The van der Waals surface area contributed by atoms with E-state index in [0.717, 1.165) is 14.6 Å². The smallest absolute Gasteiger partial charge is 0.230 e. The zero-order chi connectivity index (χ0) is 16.7. The fourth-order valence-corrected chi connectivity index (χ4v) is 6.66. The van der Waals surface area contributed by atoms with Crippen molar-refractivity contribution in [3.8, 4) is 0 Å². The van der Waals surface area contributed by atoms with Crippen LogP contribution in [0.15, 0.2) is 22.5 Å². The van der Waals surface area contributed by atoms with Crippen molar-refractivity contribution >= 4 is 60.7 Å². The molecule has 0 saturated carbocycles. The molecular formula is C14H15ClN2O3S3. The van der Waals surface area contributed by atoms with Gasteiger partial charge in [-0.3, -0.25) is 4.79 Å². The molecule has 23 heavy (non-hydrogen) atoms. The average molecular weight is 391 g/mol. The highest BCUT2D eigenvalue weighted by Crippen LogP contribution is 2.31. The van der Waals surface area contributed by atoms with Crippen molar-refractivity contribution in [2.24, 2.45) is 0 Å². The molecule has 1 amide bonds. The minimum Gasteiger partial charge on any atom is -0.349 e. The lowest BCUT2D eigenvalue weighted by Gasteiger charge is -2.23. The summed E-state index contributed by atoms with van der Waals surface area (Å²) >= 11 is 8.79. The molecule has 1 aromatic carbocycles. The molecule has 2 aromatic rings. The van der Waals surface area contributed by atoms with E-state index in [0.29, 0.717) is 11.4 Å². The summed E-state index contributed by atoms with van der Waals surface area (Å²) in [5.41, 5.74) is 0.164. The molecule has 1 aromatic heterocycles. The molecule has 1 aliphatic rings. The predicted octanol–water partition coefficient (Wildman–Crippen LogP) is 2.74. The van der Waals surface area contributed by atoms with E-state index in [1.165, 1.54) is 23.1 Å². The fraction of sp³-hybridized carbons (Fsp3) is 0.429. The Bertz CT molecular complexity index is 865. The van der Waals surface area contributed by atoms with Crippen LogP contribution in [-0.4, -0.2) is 42.1 Å². The third-order valence-corrected chi connectivity index (χ3v) is 7.92. The molecule has 1 atom stereocenters. The Morgan fingerprint density at radius 3 is 3.00 bits per heavy atom. The topological polar surface area (TPSA) is 76.1 Å². The molecule has 2 heterocycles. The molecule has 0 bridgehead atoms. The molecular weight excluding hydrogens is 376 g/mol. The number of rotatable bonds is 4. The molecule has 1 fully saturated rings. The summed E-state index contributed by atoms with van der Waals surface area (Å²) in [5, 5.41) is 3.47. The Morgan fingerprint density at radius 1 is 1.52 bits per heavy atom. The summed E-state index contributed by atoms with van der Waals surface area (Å²) in [6.45, 7) is 1.78. The van der Waals surface area contributed by atoms with Crippen molar-refractivity contribution in [3.05, 3.63) is 23.2 Å². The van der Waals surface area contributed by atoms with Crippen LogP contribution in [0.4, 0.5) is 0 Å². The second-order valence-corrected chi connectivity index (χ2v) is 10.7. The van der Waals surface area contributed by atoms with E-state index in [9.17, 15) is 13.2 Å². The predicted molar refractivity (Wildman–Crippen MR) is 95.2 cm³/mol. The van der Waals surface area contributed by atoms with Crippen LogP contribution in [0.25, 0.3) is 10.2 Å². The number of hydrogen-bond donors (Lipinski definition) is 1. The summed E-state index contributed by atoms with van der Waals surface area (Å²) in [6, 6.07) is 5.51. The summed E-state index contributed by atoms with van der Waals surface area (Å²) in [7, 11) is -3.03. The summed E-state index contributed by atoms with van der Waals surface area (Å²) in [6.07, 6.45) is 0.464. The highest BCUT2D eigenvalue weighted by atomic mass is 35.5. The Balaban J connectivity index is 1.60. The van der Waals surface area contributed by atoms with E-state index < -0.39 is 15.4 Å². The number of carbonyl (C=O) groups excluding carboxylic acids is 1. The van der Waals surface area contributed by atoms with Gasteiger partial charge < -0.3 is 5.32 Å². The van der Waals surface area contributed by atoms with Gasteiger partial charge in [0.25, 0.3) is 0 Å². The number of amides is 1. The van der Waals surface area contributed by atoms with E-state index in [-0.39, 0.29) is 23.2 Å². The normalized spacial score (nSPS) is 23.2. The van der Waals surface area contributed by atoms with E-state index >= 15 is 0 Å². The van der Waals surface area contributed by atoms with Gasteiger partial charge in [0.05, 0.1) is 33.0 Å². The van der Waals surface area contributed by atoms with Gasteiger partial charge in [0.1, 0.15) is 0 Å². The van der Waals surface area contributed by atoms with E-state index in [1.54, 1.807) is 13.0 Å². The molecule has 0 radical (unpaired) electrons. The number of thiazole rings is 1. The number of fused-ring (bicyclic) bond motifs is 1. The Labute approximate surface area is 147 Å². The van der Waals surface area contributed by atoms with Crippen LogP contribution in [0, 0.1) is 0 Å². The van der Waals surface area contributed by atoms with Gasteiger partial charge in [0.2, 0.25) is 5.91 Å². The Hall–Kier alpha value is -0.830. The van der Waals surface area contributed by atoms with Gasteiger partial charge in [-0.25, -0.2) is 13.4 Å². The van der Waals surface area contributed by atoms with Crippen LogP contribution in [0.5, 0.6) is 0 Å². The second kappa shape index (κ2) is 6.23. The molecule has 9 heteroatoms. The lowest BCUT2D eigenvalue weighted by Crippen LogP contribution is -2.47. The third kappa shape index (κ3) is 4.17. The number of halogens is 1. The highest BCUT2D eigenvalue weighted by molar-refractivity contribution is 8.01. The number of nitrogens with zero attached hydrogens (tertiary/aromatic N) is 1. The first kappa shape index (κ1) is 17.0. The van der Waals surface area contributed by atoms with E-state index in [4.69, 9.17) is 11.6 Å². The van der Waals surface area contributed by atoms with Crippen LogP contribution in [0.2, 0.25) is 5.02 Å². The monoisotopic (exact) mass is 390 g/mol. The zero-order valence-corrected chi connectivity index (χ0v) is 15.5. The molecule has 124 valence electrons. The maximum absolute atomic E-state index is 12.1. The molecule has 1 saturated heterocycles. The fourth-order valence-electron chi connectivity index (χ4n) is 2.55. The lowest BCUT2D eigenvalue weighted by molar-refractivity contribution is -0.120. The maximum Gasteiger partial charge on any atom is 0.230 e. The minimum atomic E-state index is -3.03. The van der Waals surface area contributed by atoms with Crippen molar-refractivity contribution in [1.82, 2.24) is 10.3 Å². The first-order valence-electron chi connectivity index (χ1n) is 6.95. The molecule has 0 spiro atoms. The van der Waals surface area contributed by atoms with Crippen molar-refractivity contribution in [3.63, 3.8) is 0 Å². The SMILES string of the molecule is CC1(NC(=O)CSc2nc3cc(Cl)ccc3s2)CCS(=O)(=O)C1. The molecule has 1 N–H and O–H groups in total. The van der Waals surface area contributed by atoms with Gasteiger partial charge >= 0.3 is 0 Å². The van der Waals surface area contributed by atoms with Gasteiger partial charge in [-0.05, 0) is 31.5 Å². The second-order valence-electron chi connectivity index (χ2n) is 5.83. The summed E-state index contributed by atoms with van der Waals surface area (Å²) < 4.78 is 24.9. The van der Waals surface area contributed by atoms with Crippen molar-refractivity contribution in [1.29, 1.82) is 0 Å². The standard InChI is InChI=1S/C14H15ClN2O3S3/c1-14(4-5-23(19,20)8-14)17-12(18)7-21-13-16-10-6-9(15)2-3-11(10)22-13/h2-3,6H,4-5,7-8H2,1H3,(H,17,18). The Morgan fingerprint density at radius 2 is 2.30 bits per heavy atom. The maximum atomic E-state index is 12.1. The van der Waals surface area contributed by atoms with Crippen LogP contribution >= 0.6 is 34.7 Å². The molecule has 1 unspecified atom stereocenters. The van der Waals surface area contributed by atoms with Crippen molar-refractivity contribution in [2.45, 2.75) is 23.2 Å². The van der Waals surface area contributed by atoms with E-state index in [2.05, 4.69) is 10.3 Å². The summed E-state index contributed by atoms with van der Waals surface area (Å²) in [4.78, 5) is 16.5. The van der Waals surface area contributed by atoms with Crippen LogP contribution in [0.1, 0.15) is 13.3 Å². The van der Waals surface area contributed by atoms with Gasteiger partial charge in [-0.2, -0.15) is 0 Å². The van der Waals surface area contributed by atoms with Crippen LogP contribution in [-0.2, 0) is 14.6 Å². The molecule has 3 rings (SSSR count). The average Bonchev–Trinajstić information content (AvgIpc) is 2.96. The van der Waals surface area contributed by atoms with Crippen LogP contribution in [0.3, 0.4) is 0 Å². The number of carbonyl (C=O) groups is 1. The van der Waals surface area contributed by atoms with Gasteiger partial charge in [0.15, 0.2) is 14.2 Å². The number of benzene rings is 1. The largest absolute Gasteiger partial charge is 0.349 e. The van der Waals surface area contributed by atoms with Gasteiger partial charge in [0, 0.05) is 5.02 Å². The third-order valence-electron chi connectivity index (χ3n) is 3.60. The molecule has 5 nitrogen and oxygen atoms in total. The quantitative estimate of drug-likeness (QED) is 0.812. The number of sulfone groups is 1. The van der Waals surface area contributed by atoms with E-state index in [1.807, 2.05) is 12.1 Å². The first-order chi connectivity index (χ1) is 10.7. The first-order valence-corrected chi connectivity index (χ1v) is 11.0. The number of aromatic nitrogens is 1. The zero-order valence-electron chi connectivity index (χ0n) is 12.3. The lowest BCUT2D eigenvalue weighted by atomic mass is 10.0. The van der Waals surface area contributed by atoms with Crippen molar-refractivity contribution < 1.29 is 13.2 Å². The van der Waals surface area contributed by atoms with Crippen LogP contribution < -0.4 is 5.32 Å². The summed E-state index contributed by atoms with van der Waals surface area (Å²) in [5.74, 6) is 0.182. The number of thioether (sulfide) groups is 1. The molecule has 1 aliphatic heterocycles. The van der Waals surface area contributed by atoms with Gasteiger partial charge in [-0.15, -0.1) is 11.3 Å². The Kier molecular flexibility index (Phi) is 4.61. The minimum absolute atomic E-state index is 0.00996. The van der Waals surface area contributed by atoms with Gasteiger partial charge in [-0.1, -0.05) is 23.4 Å². The highest BCUT2D eigenvalue weighted by Gasteiger charge is 2.39. The number of hydrogen-bond acceptors (Lipinski definition) is 6. The number of nitrogens with one attached hydrogen (secondary N) is 1. The van der Waals surface area contributed by atoms with Crippen molar-refractivity contribution in [2.75, 3.05) is 17.3 Å².